The molecule has 2 heterocycles. The van der Waals surface area contributed by atoms with E-state index in [4.69, 9.17) is 15.6 Å². The average Bonchev–Trinajstić information content (AvgIpc) is 2.71. The van der Waals surface area contributed by atoms with Gasteiger partial charge in [0.15, 0.2) is 5.16 Å². The molecule has 0 aliphatic heterocycles. The second kappa shape index (κ2) is 4.09. The highest BCUT2D eigenvalue weighted by molar-refractivity contribution is 7.98. The van der Waals surface area contributed by atoms with E-state index in [0.29, 0.717) is 16.1 Å². The molecule has 2 aromatic rings. The molecule has 2 aromatic heterocycles. The van der Waals surface area contributed by atoms with Crippen LogP contribution in [0.4, 0.5) is 0 Å². The van der Waals surface area contributed by atoms with Crippen molar-refractivity contribution < 1.29 is 4.42 Å². The van der Waals surface area contributed by atoms with Gasteiger partial charge in [0.05, 0.1) is 6.20 Å². The number of nitrogens with zero attached hydrogens (tertiary/aromatic N) is 3. The molecule has 2 rings (SSSR count). The molecule has 0 radical (unpaired) electrons. The van der Waals surface area contributed by atoms with Crippen molar-refractivity contribution in [2.24, 2.45) is 5.73 Å². The number of amidine groups is 1. The summed E-state index contributed by atoms with van der Waals surface area (Å²) >= 11 is 1.17. The summed E-state index contributed by atoms with van der Waals surface area (Å²) in [6.45, 7) is 0. The molecule has 76 valence electrons. The van der Waals surface area contributed by atoms with E-state index in [-0.39, 0.29) is 5.84 Å². The largest absolute Gasteiger partial charge is 0.440 e. The fourth-order valence-electron chi connectivity index (χ4n) is 0.879. The maximum Gasteiger partial charge on any atom is 0.263 e. The van der Waals surface area contributed by atoms with Gasteiger partial charge in [-0.1, -0.05) is 0 Å². The molecule has 6 nitrogen and oxygen atoms in total. The summed E-state index contributed by atoms with van der Waals surface area (Å²) in [6.07, 6.45) is 4.54. The molecule has 0 amide bonds. The minimum absolute atomic E-state index is 0.0911. The summed E-state index contributed by atoms with van der Waals surface area (Å²) in [5.74, 6) is -0.0911. The highest BCUT2D eigenvalue weighted by Crippen LogP contribution is 2.21. The molecule has 15 heavy (non-hydrogen) atoms. The van der Waals surface area contributed by atoms with E-state index in [9.17, 15) is 0 Å². The quantitative estimate of drug-likeness (QED) is 0.453. The third-order valence-electron chi connectivity index (χ3n) is 1.50. The van der Waals surface area contributed by atoms with Crippen molar-refractivity contribution >= 4 is 17.6 Å². The summed E-state index contributed by atoms with van der Waals surface area (Å²) in [4.78, 5) is 12.0. The summed E-state index contributed by atoms with van der Waals surface area (Å²) in [6, 6.07) is 1.57. The van der Waals surface area contributed by atoms with Crippen LogP contribution >= 0.6 is 11.8 Å². The number of oxazole rings is 1. The summed E-state index contributed by atoms with van der Waals surface area (Å²) < 4.78 is 5.02. The van der Waals surface area contributed by atoms with Crippen molar-refractivity contribution in [3.63, 3.8) is 0 Å². The van der Waals surface area contributed by atoms with Crippen LogP contribution in [-0.2, 0) is 0 Å². The Hall–Kier alpha value is -1.89. The van der Waals surface area contributed by atoms with Crippen molar-refractivity contribution in [1.29, 1.82) is 5.41 Å². The van der Waals surface area contributed by atoms with Crippen LogP contribution in [0.25, 0.3) is 0 Å². The van der Waals surface area contributed by atoms with Gasteiger partial charge in [0.2, 0.25) is 0 Å². The Morgan fingerprint density at radius 3 is 2.93 bits per heavy atom. The van der Waals surface area contributed by atoms with Gasteiger partial charge in [-0.3, -0.25) is 5.41 Å². The smallest absolute Gasteiger partial charge is 0.263 e. The normalized spacial score (nSPS) is 10.1. The molecule has 0 bridgehead atoms. The maximum atomic E-state index is 7.22. The van der Waals surface area contributed by atoms with Crippen molar-refractivity contribution in [3.8, 4) is 0 Å². The van der Waals surface area contributed by atoms with Crippen molar-refractivity contribution in [2.75, 3.05) is 0 Å². The molecule has 0 aliphatic carbocycles. The summed E-state index contributed by atoms with van der Waals surface area (Å²) in [5.41, 5.74) is 5.69. The van der Waals surface area contributed by atoms with E-state index in [2.05, 4.69) is 15.0 Å². The van der Waals surface area contributed by atoms with Crippen LogP contribution in [0.3, 0.4) is 0 Å². The van der Waals surface area contributed by atoms with Crippen LogP contribution in [0.2, 0.25) is 0 Å². The molecule has 0 fully saturated rings. The Morgan fingerprint density at radius 2 is 2.27 bits per heavy atom. The number of hydrogen-bond acceptors (Lipinski definition) is 6. The van der Waals surface area contributed by atoms with E-state index < -0.39 is 0 Å². The Morgan fingerprint density at radius 1 is 1.40 bits per heavy atom. The minimum atomic E-state index is -0.0911. The van der Waals surface area contributed by atoms with Gasteiger partial charge in [-0.15, -0.1) is 0 Å². The lowest BCUT2D eigenvalue weighted by atomic mass is 10.4. The Balaban J connectivity index is 2.22. The molecular weight excluding hydrogens is 214 g/mol. The average molecular weight is 221 g/mol. The first-order valence-corrected chi connectivity index (χ1v) is 4.82. The molecule has 0 atom stereocenters. The van der Waals surface area contributed by atoms with Gasteiger partial charge in [-0.2, -0.15) is 0 Å². The zero-order valence-corrected chi connectivity index (χ0v) is 8.36. The Bertz CT molecular complexity index is 470. The number of nitrogens with two attached hydrogens (primary N) is 1. The third-order valence-corrected chi connectivity index (χ3v) is 2.25. The zero-order chi connectivity index (χ0) is 10.7. The number of nitrogens with one attached hydrogen (secondary N) is 1. The molecule has 0 aromatic carbocycles. The SMILES string of the molecule is N=C(N)c1ccnc(Sc2ncco2)n1. The third kappa shape index (κ3) is 2.32. The monoisotopic (exact) mass is 221 g/mol. The van der Waals surface area contributed by atoms with Crippen LogP contribution in [0.15, 0.2) is 39.5 Å². The van der Waals surface area contributed by atoms with E-state index in [1.54, 1.807) is 6.07 Å². The van der Waals surface area contributed by atoms with Crippen LogP contribution < -0.4 is 5.73 Å². The van der Waals surface area contributed by atoms with Gasteiger partial charge < -0.3 is 10.2 Å². The molecule has 7 heteroatoms. The van der Waals surface area contributed by atoms with Gasteiger partial charge in [0.25, 0.3) is 5.22 Å². The summed E-state index contributed by atoms with van der Waals surface area (Å²) in [5, 5.41) is 8.12. The van der Waals surface area contributed by atoms with Gasteiger partial charge in [-0.25, -0.2) is 15.0 Å². The second-order valence-electron chi connectivity index (χ2n) is 2.54. The molecule has 3 N–H and O–H groups in total. The van der Waals surface area contributed by atoms with Gasteiger partial charge in [0, 0.05) is 18.0 Å². The molecule has 0 spiro atoms. The predicted octanol–water partition coefficient (Wildman–Crippen LogP) is 0.900. The fraction of sp³-hybridized carbons (Fsp3) is 0. The molecule has 0 aliphatic rings. The minimum Gasteiger partial charge on any atom is -0.440 e. The first kappa shape index (κ1) is 9.66. The van der Waals surface area contributed by atoms with Gasteiger partial charge in [-0.05, 0) is 6.07 Å². The predicted molar refractivity (Wildman–Crippen MR) is 53.7 cm³/mol. The van der Waals surface area contributed by atoms with E-state index in [1.807, 2.05) is 0 Å². The number of hydrogen-bond donors (Lipinski definition) is 2. The van der Waals surface area contributed by atoms with Crippen molar-refractivity contribution in [2.45, 2.75) is 10.4 Å². The van der Waals surface area contributed by atoms with Crippen molar-refractivity contribution in [1.82, 2.24) is 15.0 Å². The topological polar surface area (TPSA) is 102 Å². The second-order valence-corrected chi connectivity index (χ2v) is 3.46. The maximum absolute atomic E-state index is 7.22. The standard InChI is InChI=1S/C8H7N5OS/c9-6(10)5-1-2-11-7(13-5)15-8-12-3-4-14-8/h1-4H,(H3,9,10). The van der Waals surface area contributed by atoms with Crippen LogP contribution in [-0.4, -0.2) is 20.8 Å². The molecular formula is C8H7N5OS. The van der Waals surface area contributed by atoms with E-state index in [1.165, 1.54) is 30.4 Å². The lowest BCUT2D eigenvalue weighted by molar-refractivity contribution is 0.453. The lowest BCUT2D eigenvalue weighted by Crippen LogP contribution is -2.13. The Labute approximate surface area is 89.5 Å². The first-order chi connectivity index (χ1) is 7.25. The van der Waals surface area contributed by atoms with Crippen LogP contribution in [0.1, 0.15) is 5.69 Å². The first-order valence-electron chi connectivity index (χ1n) is 4.00. The molecule has 0 saturated heterocycles. The van der Waals surface area contributed by atoms with E-state index in [0.717, 1.165) is 0 Å². The van der Waals surface area contributed by atoms with E-state index >= 15 is 0 Å². The molecule has 0 saturated carbocycles. The van der Waals surface area contributed by atoms with Crippen LogP contribution in [0.5, 0.6) is 0 Å². The summed E-state index contributed by atoms with van der Waals surface area (Å²) in [7, 11) is 0. The highest BCUT2D eigenvalue weighted by Gasteiger charge is 2.06. The number of aromatic nitrogens is 3. The zero-order valence-electron chi connectivity index (χ0n) is 7.54. The Kier molecular flexibility index (Phi) is 2.64. The number of nitrogen functional groups attached to an aromatic ring is 1. The molecule has 0 unspecified atom stereocenters. The lowest BCUT2D eigenvalue weighted by Gasteiger charge is -1.98. The van der Waals surface area contributed by atoms with Gasteiger partial charge >= 0.3 is 0 Å². The highest BCUT2D eigenvalue weighted by atomic mass is 32.2. The van der Waals surface area contributed by atoms with Crippen molar-refractivity contribution in [3.05, 3.63) is 30.4 Å². The van der Waals surface area contributed by atoms with Gasteiger partial charge in [0.1, 0.15) is 17.8 Å². The van der Waals surface area contributed by atoms with Crippen LogP contribution in [0, 0.1) is 5.41 Å². The fourth-order valence-corrected chi connectivity index (χ4v) is 1.51. The number of rotatable bonds is 3.